The van der Waals surface area contributed by atoms with Crippen LogP contribution in [0.1, 0.15) is 49.0 Å². The van der Waals surface area contributed by atoms with Crippen molar-refractivity contribution in [1.82, 2.24) is 15.5 Å². The van der Waals surface area contributed by atoms with Crippen molar-refractivity contribution in [3.05, 3.63) is 35.4 Å². The van der Waals surface area contributed by atoms with Crippen LogP contribution in [0.4, 0.5) is 0 Å². The fourth-order valence-electron chi connectivity index (χ4n) is 3.17. The molecule has 0 spiro atoms. The molecule has 6 heteroatoms. The van der Waals surface area contributed by atoms with E-state index < -0.39 is 0 Å². The molecule has 1 fully saturated rings. The van der Waals surface area contributed by atoms with Gasteiger partial charge in [-0.15, -0.1) is 0 Å². The molecule has 1 aromatic carbocycles. The second kappa shape index (κ2) is 11.6. The molecule has 2 N–H and O–H groups in total. The number of hydrogen-bond donors (Lipinski definition) is 2. The highest BCUT2D eigenvalue weighted by Crippen LogP contribution is 2.15. The lowest BCUT2D eigenvalue weighted by Crippen LogP contribution is -2.39. The van der Waals surface area contributed by atoms with E-state index in [0.717, 1.165) is 43.5 Å². The van der Waals surface area contributed by atoms with Gasteiger partial charge in [0.2, 0.25) is 0 Å². The number of nitrogens with one attached hydrogen (secondary N) is 2. The van der Waals surface area contributed by atoms with E-state index in [1.54, 1.807) is 12.1 Å². The Bertz CT molecular complexity index is 593. The number of methoxy groups -OCH3 is 1. The molecule has 0 bridgehead atoms. The Morgan fingerprint density at radius 1 is 1.22 bits per heavy atom. The zero-order valence-electron chi connectivity index (χ0n) is 17.0. The summed E-state index contributed by atoms with van der Waals surface area (Å²) in [5.74, 6) is 1.40. The zero-order chi connectivity index (χ0) is 19.5. The molecule has 0 amide bonds. The Hall–Kier alpha value is -2.08. The number of guanidine groups is 1. The van der Waals surface area contributed by atoms with Gasteiger partial charge in [-0.2, -0.15) is 0 Å². The molecular weight excluding hydrogens is 340 g/mol. The first-order chi connectivity index (χ1) is 13.1. The average molecular weight is 375 g/mol. The minimum absolute atomic E-state index is 0.316. The number of nitrogens with zero attached hydrogens (tertiary/aromatic N) is 2. The van der Waals surface area contributed by atoms with E-state index in [2.05, 4.69) is 34.4 Å². The summed E-state index contributed by atoms with van der Waals surface area (Å²) in [6.45, 7) is 10.3. The number of esters is 1. The Kier molecular flexibility index (Phi) is 9.11. The molecule has 1 aliphatic rings. The van der Waals surface area contributed by atoms with E-state index in [-0.39, 0.29) is 5.97 Å². The Morgan fingerprint density at radius 3 is 2.56 bits per heavy atom. The van der Waals surface area contributed by atoms with Crippen molar-refractivity contribution in [2.24, 2.45) is 10.9 Å². The van der Waals surface area contributed by atoms with Gasteiger partial charge in [-0.3, -0.25) is 0 Å². The van der Waals surface area contributed by atoms with Gasteiger partial charge in [0.1, 0.15) is 0 Å². The molecule has 2 rings (SSSR count). The predicted molar refractivity (Wildman–Crippen MR) is 110 cm³/mol. The number of carbonyl (C=O) groups excluding carboxylic acids is 1. The third-order valence-electron chi connectivity index (χ3n) is 4.96. The van der Waals surface area contributed by atoms with Gasteiger partial charge >= 0.3 is 5.97 Å². The number of carbonyl (C=O) groups is 1. The number of likely N-dealkylation sites (tertiary alicyclic amines) is 1. The summed E-state index contributed by atoms with van der Waals surface area (Å²) >= 11 is 0. The number of aliphatic imine (C=N–C) groups is 1. The minimum Gasteiger partial charge on any atom is -0.465 e. The normalized spacial score (nSPS) is 16.2. The quantitative estimate of drug-likeness (QED) is 0.317. The van der Waals surface area contributed by atoms with Crippen molar-refractivity contribution in [2.75, 3.05) is 39.8 Å². The van der Waals surface area contributed by atoms with Gasteiger partial charge in [0, 0.05) is 13.1 Å². The van der Waals surface area contributed by atoms with Crippen LogP contribution in [0, 0.1) is 5.92 Å². The summed E-state index contributed by atoms with van der Waals surface area (Å²) in [5, 5.41) is 6.70. The lowest BCUT2D eigenvalue weighted by molar-refractivity contribution is 0.0600. The van der Waals surface area contributed by atoms with Crippen LogP contribution in [-0.2, 0) is 11.3 Å². The highest BCUT2D eigenvalue weighted by molar-refractivity contribution is 5.89. The fraction of sp³-hybridized carbons (Fsp3) is 0.619. The molecule has 1 saturated heterocycles. The summed E-state index contributed by atoms with van der Waals surface area (Å²) in [6.07, 6.45) is 3.77. The van der Waals surface area contributed by atoms with Gasteiger partial charge in [0.05, 0.1) is 19.2 Å². The first-order valence-corrected chi connectivity index (χ1v) is 10.0. The van der Waals surface area contributed by atoms with Crippen LogP contribution in [0.15, 0.2) is 29.3 Å². The van der Waals surface area contributed by atoms with E-state index in [1.807, 2.05) is 12.1 Å². The maximum Gasteiger partial charge on any atom is 0.337 e. The maximum atomic E-state index is 11.5. The van der Waals surface area contributed by atoms with E-state index in [9.17, 15) is 4.79 Å². The van der Waals surface area contributed by atoms with E-state index in [4.69, 9.17) is 4.74 Å². The summed E-state index contributed by atoms with van der Waals surface area (Å²) < 4.78 is 4.72. The number of hydrogen-bond acceptors (Lipinski definition) is 4. The van der Waals surface area contributed by atoms with Gasteiger partial charge < -0.3 is 20.3 Å². The van der Waals surface area contributed by atoms with Crippen LogP contribution in [0.2, 0.25) is 0 Å². The molecule has 1 heterocycles. The van der Waals surface area contributed by atoms with Gasteiger partial charge in [-0.05, 0) is 69.4 Å². The minimum atomic E-state index is -0.316. The van der Waals surface area contributed by atoms with Gasteiger partial charge in [0.25, 0.3) is 0 Å². The summed E-state index contributed by atoms with van der Waals surface area (Å²) in [7, 11) is 1.39. The van der Waals surface area contributed by atoms with Crippen molar-refractivity contribution in [3.8, 4) is 0 Å². The van der Waals surface area contributed by atoms with Gasteiger partial charge in [-0.1, -0.05) is 19.1 Å². The molecule has 0 aliphatic carbocycles. The summed E-state index contributed by atoms with van der Waals surface area (Å²) in [5.41, 5.74) is 1.62. The molecule has 27 heavy (non-hydrogen) atoms. The average Bonchev–Trinajstić information content (AvgIpc) is 2.70. The van der Waals surface area contributed by atoms with E-state index >= 15 is 0 Å². The summed E-state index contributed by atoms with van der Waals surface area (Å²) in [6, 6.07) is 7.38. The smallest absolute Gasteiger partial charge is 0.337 e. The van der Waals surface area contributed by atoms with Crippen LogP contribution in [0.5, 0.6) is 0 Å². The third-order valence-corrected chi connectivity index (χ3v) is 4.96. The van der Waals surface area contributed by atoms with Crippen LogP contribution in [-0.4, -0.2) is 56.7 Å². The third kappa shape index (κ3) is 7.59. The van der Waals surface area contributed by atoms with E-state index in [0.29, 0.717) is 12.1 Å². The van der Waals surface area contributed by atoms with Crippen molar-refractivity contribution in [3.63, 3.8) is 0 Å². The van der Waals surface area contributed by atoms with E-state index in [1.165, 1.54) is 33.0 Å². The monoisotopic (exact) mass is 374 g/mol. The van der Waals surface area contributed by atoms with Crippen LogP contribution < -0.4 is 10.6 Å². The van der Waals surface area contributed by atoms with Crippen molar-refractivity contribution < 1.29 is 9.53 Å². The number of rotatable bonds is 8. The molecule has 0 unspecified atom stereocenters. The first-order valence-electron chi connectivity index (χ1n) is 10.0. The standard InChI is InChI=1S/C21H34N4O2/c1-4-22-21(23-12-5-13-25-14-10-17(2)11-15-25)24-16-18-6-8-19(9-7-18)20(26)27-3/h6-9,17H,4-5,10-16H2,1-3H3,(H2,22,23,24). The molecule has 6 nitrogen and oxygen atoms in total. The Balaban J connectivity index is 1.75. The van der Waals surface area contributed by atoms with Crippen LogP contribution in [0.25, 0.3) is 0 Å². The molecule has 0 aromatic heterocycles. The van der Waals surface area contributed by atoms with Crippen molar-refractivity contribution >= 4 is 11.9 Å². The predicted octanol–water partition coefficient (Wildman–Crippen LogP) is 2.65. The number of piperidine rings is 1. The zero-order valence-corrected chi connectivity index (χ0v) is 17.0. The number of benzene rings is 1. The van der Waals surface area contributed by atoms with Crippen LogP contribution >= 0.6 is 0 Å². The molecule has 0 atom stereocenters. The fourth-order valence-corrected chi connectivity index (χ4v) is 3.17. The second-order valence-electron chi connectivity index (χ2n) is 7.19. The largest absolute Gasteiger partial charge is 0.465 e. The number of ether oxygens (including phenoxy) is 1. The van der Waals surface area contributed by atoms with Gasteiger partial charge in [-0.25, -0.2) is 9.79 Å². The highest BCUT2D eigenvalue weighted by Gasteiger charge is 2.14. The van der Waals surface area contributed by atoms with Crippen molar-refractivity contribution in [1.29, 1.82) is 0 Å². The van der Waals surface area contributed by atoms with Gasteiger partial charge in [0.15, 0.2) is 5.96 Å². The lowest BCUT2D eigenvalue weighted by atomic mass is 9.99. The SMILES string of the molecule is CCNC(=NCc1ccc(C(=O)OC)cc1)NCCCN1CCC(C)CC1. The molecule has 1 aromatic rings. The maximum absolute atomic E-state index is 11.5. The molecule has 150 valence electrons. The first kappa shape index (κ1) is 21.2. The van der Waals surface area contributed by atoms with Crippen molar-refractivity contribution in [2.45, 2.75) is 39.7 Å². The molecular formula is C21H34N4O2. The molecule has 0 saturated carbocycles. The Morgan fingerprint density at radius 2 is 1.93 bits per heavy atom. The summed E-state index contributed by atoms with van der Waals surface area (Å²) in [4.78, 5) is 18.7. The molecule has 1 aliphatic heterocycles. The molecule has 0 radical (unpaired) electrons. The lowest BCUT2D eigenvalue weighted by Gasteiger charge is -2.30. The topological polar surface area (TPSA) is 66.0 Å². The Labute approximate surface area is 163 Å². The highest BCUT2D eigenvalue weighted by atomic mass is 16.5. The second-order valence-corrected chi connectivity index (χ2v) is 7.19. The van der Waals surface area contributed by atoms with Crippen LogP contribution in [0.3, 0.4) is 0 Å².